The molecule has 0 bridgehead atoms. The van der Waals surface area contributed by atoms with Crippen LogP contribution in [0.15, 0.2) is 52.5 Å². The number of carbonyl (C=O) groups excluding carboxylic acids is 2. The van der Waals surface area contributed by atoms with E-state index in [9.17, 15) is 14.7 Å². The van der Waals surface area contributed by atoms with Gasteiger partial charge in [-0.25, -0.2) is 0 Å². The fourth-order valence-electron chi connectivity index (χ4n) is 3.14. The molecule has 27 heavy (non-hydrogen) atoms. The molecular weight excluding hydrogens is 453 g/mol. The monoisotopic (exact) mass is 467 g/mol. The number of Topliss-reactive ketones (excluding diaryl/α,β-unsaturated/α-hetero) is 1. The molecule has 1 fully saturated rings. The van der Waals surface area contributed by atoms with E-state index in [1.54, 1.807) is 42.5 Å². The normalized spacial score (nSPS) is 19.0. The molecule has 7 heteroatoms. The lowest BCUT2D eigenvalue weighted by atomic mass is 9.95. The summed E-state index contributed by atoms with van der Waals surface area (Å²) in [5.41, 5.74) is 1.13. The fourth-order valence-corrected chi connectivity index (χ4v) is 3.71. The summed E-state index contributed by atoms with van der Waals surface area (Å²) >= 11 is 15.5. The maximum atomic E-state index is 12.7. The molecule has 1 saturated heterocycles. The molecule has 1 heterocycles. The second-order valence-electron chi connectivity index (χ2n) is 6.17. The van der Waals surface area contributed by atoms with E-state index in [4.69, 9.17) is 23.2 Å². The molecule has 1 N–H and O–H groups in total. The Labute approximate surface area is 175 Å². The van der Waals surface area contributed by atoms with E-state index < -0.39 is 17.7 Å². The lowest BCUT2D eigenvalue weighted by molar-refractivity contribution is -0.139. The van der Waals surface area contributed by atoms with Crippen LogP contribution in [0.4, 0.5) is 0 Å². The van der Waals surface area contributed by atoms with Crippen molar-refractivity contribution in [2.45, 2.75) is 19.4 Å². The highest BCUT2D eigenvalue weighted by molar-refractivity contribution is 9.10. The standard InChI is InChI=1S/C20H16BrCl2NO3/c1-2-9-24-17(12-5-8-14(22)15(23)10-12)16(19(26)20(24)27)18(25)11-3-6-13(21)7-4-11/h3-8,10,17,25H,2,9H2,1H3/b18-16-. The highest BCUT2D eigenvalue weighted by Crippen LogP contribution is 2.41. The van der Waals surface area contributed by atoms with Crippen LogP contribution in [0.5, 0.6) is 0 Å². The third kappa shape index (κ3) is 3.77. The number of aliphatic hydroxyl groups is 1. The number of aliphatic hydroxyl groups excluding tert-OH is 1. The van der Waals surface area contributed by atoms with Gasteiger partial charge in [0.15, 0.2) is 0 Å². The Morgan fingerprint density at radius 2 is 1.78 bits per heavy atom. The minimum atomic E-state index is -0.719. The van der Waals surface area contributed by atoms with Gasteiger partial charge in [-0.15, -0.1) is 0 Å². The molecule has 0 spiro atoms. The number of ketones is 1. The minimum absolute atomic E-state index is 0.0501. The van der Waals surface area contributed by atoms with Crippen molar-refractivity contribution in [1.29, 1.82) is 0 Å². The molecule has 1 atom stereocenters. The first-order valence-corrected chi connectivity index (χ1v) is 9.89. The van der Waals surface area contributed by atoms with E-state index in [2.05, 4.69) is 15.9 Å². The van der Waals surface area contributed by atoms with Crippen LogP contribution in [0.2, 0.25) is 10.0 Å². The Bertz CT molecular complexity index is 941. The number of amides is 1. The zero-order valence-corrected chi connectivity index (χ0v) is 17.5. The summed E-state index contributed by atoms with van der Waals surface area (Å²) in [4.78, 5) is 26.8. The molecule has 4 nitrogen and oxygen atoms in total. The largest absolute Gasteiger partial charge is 0.507 e. The van der Waals surface area contributed by atoms with Crippen LogP contribution in [0.25, 0.3) is 5.76 Å². The van der Waals surface area contributed by atoms with Gasteiger partial charge in [0.25, 0.3) is 11.7 Å². The van der Waals surface area contributed by atoms with Crippen molar-refractivity contribution in [1.82, 2.24) is 4.90 Å². The second-order valence-corrected chi connectivity index (χ2v) is 7.90. The van der Waals surface area contributed by atoms with Gasteiger partial charge >= 0.3 is 0 Å². The summed E-state index contributed by atoms with van der Waals surface area (Å²) in [6, 6.07) is 11.1. The van der Waals surface area contributed by atoms with Crippen LogP contribution in [-0.4, -0.2) is 28.2 Å². The van der Waals surface area contributed by atoms with Gasteiger partial charge < -0.3 is 10.0 Å². The molecule has 1 amide bonds. The average Bonchev–Trinajstić information content (AvgIpc) is 2.89. The van der Waals surface area contributed by atoms with Crippen LogP contribution >= 0.6 is 39.1 Å². The molecule has 0 aliphatic carbocycles. The smallest absolute Gasteiger partial charge is 0.295 e. The Balaban J connectivity index is 2.20. The maximum Gasteiger partial charge on any atom is 0.295 e. The Hall–Kier alpha value is -1.82. The summed E-state index contributed by atoms with van der Waals surface area (Å²) in [5, 5.41) is 11.5. The highest BCUT2D eigenvalue weighted by Gasteiger charge is 2.45. The van der Waals surface area contributed by atoms with Crippen LogP contribution in [0.3, 0.4) is 0 Å². The van der Waals surface area contributed by atoms with Crippen molar-refractivity contribution < 1.29 is 14.7 Å². The second kappa shape index (κ2) is 8.05. The first-order chi connectivity index (χ1) is 12.8. The molecule has 2 aromatic rings. The molecule has 1 aliphatic rings. The van der Waals surface area contributed by atoms with Crippen molar-refractivity contribution in [2.75, 3.05) is 6.54 Å². The van der Waals surface area contributed by atoms with E-state index >= 15 is 0 Å². The Morgan fingerprint density at radius 3 is 2.37 bits per heavy atom. The third-order valence-corrected chi connectivity index (χ3v) is 5.65. The molecule has 0 radical (unpaired) electrons. The zero-order chi connectivity index (χ0) is 19.7. The van der Waals surface area contributed by atoms with Gasteiger partial charge in [0, 0.05) is 16.6 Å². The first-order valence-electron chi connectivity index (χ1n) is 8.34. The quantitative estimate of drug-likeness (QED) is 0.361. The Kier molecular flexibility index (Phi) is 5.94. The molecule has 0 aromatic heterocycles. The summed E-state index contributed by atoms with van der Waals surface area (Å²) in [7, 11) is 0. The molecule has 140 valence electrons. The van der Waals surface area contributed by atoms with Crippen molar-refractivity contribution >= 4 is 56.6 Å². The number of benzene rings is 2. The zero-order valence-electron chi connectivity index (χ0n) is 14.4. The van der Waals surface area contributed by atoms with Gasteiger partial charge in [-0.3, -0.25) is 9.59 Å². The van der Waals surface area contributed by atoms with E-state index in [0.717, 1.165) is 4.47 Å². The van der Waals surface area contributed by atoms with Gasteiger partial charge in [0.2, 0.25) is 0 Å². The van der Waals surface area contributed by atoms with E-state index in [0.29, 0.717) is 34.1 Å². The summed E-state index contributed by atoms with van der Waals surface area (Å²) < 4.78 is 0.839. The highest BCUT2D eigenvalue weighted by atomic mass is 79.9. The minimum Gasteiger partial charge on any atom is -0.507 e. The summed E-state index contributed by atoms with van der Waals surface area (Å²) in [6.45, 7) is 2.30. The number of hydrogen-bond donors (Lipinski definition) is 1. The van der Waals surface area contributed by atoms with Gasteiger partial charge in [-0.1, -0.05) is 64.3 Å². The van der Waals surface area contributed by atoms with Crippen LogP contribution in [0.1, 0.15) is 30.5 Å². The van der Waals surface area contributed by atoms with Crippen molar-refractivity contribution in [3.8, 4) is 0 Å². The number of halogens is 3. The van der Waals surface area contributed by atoms with Gasteiger partial charge in [0.1, 0.15) is 5.76 Å². The Morgan fingerprint density at radius 1 is 1.11 bits per heavy atom. The summed E-state index contributed by atoms with van der Waals surface area (Å²) in [6.07, 6.45) is 0.670. The van der Waals surface area contributed by atoms with E-state index in [1.165, 1.54) is 4.90 Å². The van der Waals surface area contributed by atoms with Gasteiger partial charge in [-0.2, -0.15) is 0 Å². The maximum absolute atomic E-state index is 12.7. The topological polar surface area (TPSA) is 57.6 Å². The molecule has 0 saturated carbocycles. The van der Waals surface area contributed by atoms with Crippen molar-refractivity contribution in [3.05, 3.63) is 73.7 Å². The van der Waals surface area contributed by atoms with Crippen LogP contribution in [0, 0.1) is 0 Å². The predicted molar refractivity (Wildman–Crippen MR) is 110 cm³/mol. The fraction of sp³-hybridized carbons (Fsp3) is 0.200. The van der Waals surface area contributed by atoms with Crippen molar-refractivity contribution in [3.63, 3.8) is 0 Å². The number of likely N-dealkylation sites (tertiary alicyclic amines) is 1. The third-order valence-electron chi connectivity index (χ3n) is 4.38. The number of rotatable bonds is 4. The van der Waals surface area contributed by atoms with E-state index in [-0.39, 0.29) is 11.3 Å². The average molecular weight is 469 g/mol. The SMILES string of the molecule is CCCN1C(=O)C(=O)/C(=C(\O)c2ccc(Br)cc2)C1c1ccc(Cl)c(Cl)c1. The molecule has 1 aliphatic heterocycles. The van der Waals surface area contributed by atoms with Crippen LogP contribution in [-0.2, 0) is 9.59 Å². The summed E-state index contributed by atoms with van der Waals surface area (Å²) in [5.74, 6) is -1.55. The molecule has 1 unspecified atom stereocenters. The van der Waals surface area contributed by atoms with E-state index in [1.807, 2.05) is 6.92 Å². The van der Waals surface area contributed by atoms with Gasteiger partial charge in [0.05, 0.1) is 21.7 Å². The first kappa shape index (κ1) is 19.9. The number of hydrogen-bond acceptors (Lipinski definition) is 3. The molecule has 2 aromatic carbocycles. The van der Waals surface area contributed by atoms with Gasteiger partial charge in [-0.05, 0) is 36.2 Å². The lowest BCUT2D eigenvalue weighted by Gasteiger charge is -2.25. The molecular formula is C20H16BrCl2NO3. The van der Waals surface area contributed by atoms with Crippen LogP contribution < -0.4 is 0 Å². The number of nitrogens with zero attached hydrogens (tertiary/aromatic N) is 1. The lowest BCUT2D eigenvalue weighted by Crippen LogP contribution is -2.30. The van der Waals surface area contributed by atoms with Crippen molar-refractivity contribution in [2.24, 2.45) is 0 Å². The molecule has 3 rings (SSSR count). The number of carbonyl (C=O) groups is 2. The predicted octanol–water partition coefficient (Wildman–Crippen LogP) is 5.59.